The van der Waals surface area contributed by atoms with E-state index in [9.17, 15) is 14.4 Å². The average Bonchev–Trinajstić information content (AvgIpc) is 3.41. The van der Waals surface area contributed by atoms with Crippen LogP contribution in [-0.4, -0.2) is 43.4 Å². The molecule has 0 fully saturated rings. The molecule has 1 aromatic carbocycles. The smallest absolute Gasteiger partial charge is 0.341 e. The predicted octanol–water partition coefficient (Wildman–Crippen LogP) is 5.51. The highest BCUT2D eigenvalue weighted by Crippen LogP contribution is 2.35. The first-order valence-electron chi connectivity index (χ1n) is 10.5. The Labute approximate surface area is 210 Å². The molecule has 10 heteroatoms. The van der Waals surface area contributed by atoms with E-state index >= 15 is 0 Å². The van der Waals surface area contributed by atoms with Gasteiger partial charge in [-0.2, -0.15) is 0 Å². The molecule has 0 aliphatic heterocycles. The monoisotopic (exact) mass is 548 g/mol. The lowest BCUT2D eigenvalue weighted by Crippen LogP contribution is -2.21. The van der Waals surface area contributed by atoms with Gasteiger partial charge in [-0.25, -0.2) is 4.79 Å². The van der Waals surface area contributed by atoms with Gasteiger partial charge in [0.25, 0.3) is 11.8 Å². The third-order valence-corrected chi connectivity index (χ3v) is 6.42. The molecule has 3 rings (SSSR count). The fourth-order valence-electron chi connectivity index (χ4n) is 2.95. The van der Waals surface area contributed by atoms with E-state index < -0.39 is 11.9 Å². The largest absolute Gasteiger partial charge is 0.486 e. The summed E-state index contributed by atoms with van der Waals surface area (Å²) in [6.07, 6.45) is 0.650. The molecular weight excluding hydrogens is 524 g/mol. The Kier molecular flexibility index (Phi) is 8.51. The molecule has 2 amide bonds. The van der Waals surface area contributed by atoms with Crippen molar-refractivity contribution in [3.63, 3.8) is 0 Å². The van der Waals surface area contributed by atoms with Gasteiger partial charge in [-0.15, -0.1) is 11.3 Å². The summed E-state index contributed by atoms with van der Waals surface area (Å²) in [6, 6.07) is 10.5. The van der Waals surface area contributed by atoms with Crippen LogP contribution in [0.25, 0.3) is 0 Å². The molecule has 0 unspecified atom stereocenters. The summed E-state index contributed by atoms with van der Waals surface area (Å²) < 4.78 is 17.5. The van der Waals surface area contributed by atoms with Crippen molar-refractivity contribution in [3.05, 3.63) is 68.4 Å². The zero-order valence-corrected chi connectivity index (χ0v) is 21.7. The van der Waals surface area contributed by atoms with Gasteiger partial charge in [0.15, 0.2) is 5.76 Å². The van der Waals surface area contributed by atoms with Gasteiger partial charge >= 0.3 is 5.97 Å². The molecule has 8 nitrogen and oxygen atoms in total. The minimum absolute atomic E-state index is 0.0498. The first kappa shape index (κ1) is 25.5. The second-order valence-electron chi connectivity index (χ2n) is 7.56. The number of furan rings is 1. The Hall–Kier alpha value is -3.11. The molecular formula is C24H25BrN2O6S. The number of nitrogens with zero attached hydrogens (tertiary/aromatic N) is 1. The van der Waals surface area contributed by atoms with E-state index in [0.717, 1.165) is 15.8 Å². The van der Waals surface area contributed by atoms with Crippen LogP contribution in [0.5, 0.6) is 5.75 Å². The highest BCUT2D eigenvalue weighted by atomic mass is 79.9. The van der Waals surface area contributed by atoms with Crippen molar-refractivity contribution in [3.8, 4) is 5.75 Å². The van der Waals surface area contributed by atoms with Crippen molar-refractivity contribution in [1.82, 2.24) is 4.90 Å². The molecule has 34 heavy (non-hydrogen) atoms. The van der Waals surface area contributed by atoms with E-state index in [4.69, 9.17) is 13.9 Å². The molecule has 0 saturated heterocycles. The molecule has 0 saturated carbocycles. The van der Waals surface area contributed by atoms with Crippen LogP contribution in [0.2, 0.25) is 0 Å². The van der Waals surface area contributed by atoms with E-state index in [1.165, 1.54) is 11.0 Å². The molecule has 0 aliphatic rings. The number of esters is 1. The van der Waals surface area contributed by atoms with Crippen LogP contribution in [0, 0.1) is 6.92 Å². The highest BCUT2D eigenvalue weighted by Gasteiger charge is 2.28. The van der Waals surface area contributed by atoms with Gasteiger partial charge in [-0.05, 0) is 55.3 Å². The first-order valence-corrected chi connectivity index (χ1v) is 12.1. The zero-order valence-electron chi connectivity index (χ0n) is 19.3. The maximum absolute atomic E-state index is 12.9. The van der Waals surface area contributed by atoms with Crippen molar-refractivity contribution in [2.45, 2.75) is 26.9 Å². The number of nitrogens with one attached hydrogen (secondary N) is 1. The number of rotatable bonds is 9. The summed E-state index contributed by atoms with van der Waals surface area (Å²) in [6.45, 7) is 3.92. The fraction of sp³-hybridized carbons (Fsp3) is 0.292. The molecule has 180 valence electrons. The van der Waals surface area contributed by atoms with Crippen LogP contribution in [0.4, 0.5) is 5.00 Å². The number of benzene rings is 1. The zero-order chi connectivity index (χ0) is 24.8. The summed E-state index contributed by atoms with van der Waals surface area (Å²) in [5.41, 5.74) is 0.630. The van der Waals surface area contributed by atoms with Gasteiger partial charge < -0.3 is 24.1 Å². The lowest BCUT2D eigenvalue weighted by molar-refractivity contribution is 0.0506. The minimum atomic E-state index is -0.591. The summed E-state index contributed by atoms with van der Waals surface area (Å²) >= 11 is 4.40. The SMILES string of the molecule is CCCOC(=O)c1c(NC(=O)c2ccc(COc3ccc(Br)cc3)o2)sc(C(=O)N(C)C)c1C. The average molecular weight is 549 g/mol. The molecule has 1 N–H and O–H groups in total. The summed E-state index contributed by atoms with van der Waals surface area (Å²) in [5, 5.41) is 2.93. The van der Waals surface area contributed by atoms with Gasteiger partial charge in [-0.3, -0.25) is 9.59 Å². The van der Waals surface area contributed by atoms with Crippen LogP contribution < -0.4 is 10.1 Å². The number of ether oxygens (including phenoxy) is 2. The number of anilines is 1. The quantitative estimate of drug-likeness (QED) is 0.354. The van der Waals surface area contributed by atoms with Crippen molar-refractivity contribution in [2.75, 3.05) is 26.0 Å². The Morgan fingerprint density at radius 2 is 1.82 bits per heavy atom. The van der Waals surface area contributed by atoms with E-state index in [0.29, 0.717) is 28.4 Å². The molecule has 3 aromatic rings. The lowest BCUT2D eigenvalue weighted by Gasteiger charge is -2.09. The van der Waals surface area contributed by atoms with Gasteiger partial charge in [0.2, 0.25) is 0 Å². The maximum Gasteiger partial charge on any atom is 0.341 e. The van der Waals surface area contributed by atoms with Gasteiger partial charge in [0.05, 0.1) is 17.0 Å². The standard InChI is InChI=1S/C24H25BrN2O6S/c1-5-12-31-24(30)19-14(2)20(23(29)27(3)4)34-22(19)26-21(28)18-11-10-17(33-18)13-32-16-8-6-15(25)7-9-16/h6-11H,5,12-13H2,1-4H3,(H,26,28). The maximum atomic E-state index is 12.9. The molecule has 2 heterocycles. The lowest BCUT2D eigenvalue weighted by atomic mass is 10.1. The number of hydrogen-bond acceptors (Lipinski definition) is 7. The number of halogens is 1. The van der Waals surface area contributed by atoms with E-state index in [-0.39, 0.29) is 35.4 Å². The highest BCUT2D eigenvalue weighted by molar-refractivity contribution is 9.10. The Balaban J connectivity index is 1.78. The number of thiophene rings is 1. The minimum Gasteiger partial charge on any atom is -0.486 e. The third-order valence-electron chi connectivity index (χ3n) is 4.70. The van der Waals surface area contributed by atoms with Crippen LogP contribution >= 0.6 is 27.3 Å². The van der Waals surface area contributed by atoms with Crippen molar-refractivity contribution in [2.24, 2.45) is 0 Å². The predicted molar refractivity (Wildman–Crippen MR) is 133 cm³/mol. The van der Waals surface area contributed by atoms with Crippen molar-refractivity contribution < 1.29 is 28.3 Å². The molecule has 0 atom stereocenters. The second kappa shape index (κ2) is 11.3. The first-order chi connectivity index (χ1) is 16.2. The fourth-order valence-corrected chi connectivity index (χ4v) is 4.42. The van der Waals surface area contributed by atoms with Crippen LogP contribution in [0.1, 0.15) is 55.3 Å². The molecule has 0 bridgehead atoms. The van der Waals surface area contributed by atoms with E-state index in [1.807, 2.05) is 31.2 Å². The molecule has 0 spiro atoms. The third kappa shape index (κ3) is 6.06. The van der Waals surface area contributed by atoms with Gasteiger partial charge in [0, 0.05) is 18.6 Å². The van der Waals surface area contributed by atoms with Gasteiger partial charge in [0.1, 0.15) is 23.1 Å². The summed E-state index contributed by atoms with van der Waals surface area (Å²) in [4.78, 5) is 39.9. The number of amides is 2. The van der Waals surface area contributed by atoms with Crippen LogP contribution in [-0.2, 0) is 11.3 Å². The molecule has 0 radical (unpaired) electrons. The topological polar surface area (TPSA) is 98.1 Å². The molecule has 2 aromatic heterocycles. The number of hydrogen-bond donors (Lipinski definition) is 1. The van der Waals surface area contributed by atoms with E-state index in [1.54, 1.807) is 27.1 Å². The number of carbonyl (C=O) groups is 3. The normalized spacial score (nSPS) is 10.6. The summed E-state index contributed by atoms with van der Waals surface area (Å²) in [5.74, 6) is -0.238. The Morgan fingerprint density at radius 3 is 2.47 bits per heavy atom. The Bertz CT molecular complexity index is 1180. The van der Waals surface area contributed by atoms with E-state index in [2.05, 4.69) is 21.2 Å². The summed E-state index contributed by atoms with van der Waals surface area (Å²) in [7, 11) is 3.24. The number of carbonyl (C=O) groups excluding carboxylic acids is 3. The van der Waals surface area contributed by atoms with Crippen LogP contribution in [0.3, 0.4) is 0 Å². The van der Waals surface area contributed by atoms with Crippen molar-refractivity contribution in [1.29, 1.82) is 0 Å². The van der Waals surface area contributed by atoms with Gasteiger partial charge in [-0.1, -0.05) is 22.9 Å². The molecule has 0 aliphatic carbocycles. The van der Waals surface area contributed by atoms with Crippen molar-refractivity contribution >= 4 is 50.1 Å². The second-order valence-corrected chi connectivity index (χ2v) is 9.49. The van der Waals surface area contributed by atoms with Crippen LogP contribution in [0.15, 0.2) is 45.3 Å². The Morgan fingerprint density at radius 1 is 1.12 bits per heavy atom.